The van der Waals surface area contributed by atoms with Crippen LogP contribution >= 0.6 is 0 Å². The number of aliphatic hydroxyl groups excluding tert-OH is 2. The molecule has 0 bridgehead atoms. The molecule has 0 unspecified atom stereocenters. The molecule has 0 amide bonds. The SMILES string of the molecule is C=CCO[C@@H]1[C@@H](O)[C@H](O)[C@@H](OCC=C)[C@@H](OCc2ccccc2)[C@H]1OCc1ccccc1. The van der Waals surface area contributed by atoms with Crippen molar-refractivity contribution in [1.29, 1.82) is 0 Å². The van der Waals surface area contributed by atoms with Crippen molar-refractivity contribution in [3.8, 4) is 0 Å². The fraction of sp³-hybridized carbons (Fsp3) is 0.385. The van der Waals surface area contributed by atoms with Gasteiger partial charge in [-0.3, -0.25) is 0 Å². The van der Waals surface area contributed by atoms with Gasteiger partial charge in [-0.25, -0.2) is 0 Å². The molecule has 1 aliphatic carbocycles. The molecule has 0 aromatic heterocycles. The van der Waals surface area contributed by atoms with Crippen molar-refractivity contribution in [2.24, 2.45) is 0 Å². The van der Waals surface area contributed by atoms with E-state index in [2.05, 4.69) is 13.2 Å². The lowest BCUT2D eigenvalue weighted by molar-refractivity contribution is -0.266. The number of rotatable bonds is 12. The first-order chi connectivity index (χ1) is 15.7. The summed E-state index contributed by atoms with van der Waals surface area (Å²) < 4.78 is 24.2. The average Bonchev–Trinajstić information content (AvgIpc) is 2.83. The summed E-state index contributed by atoms with van der Waals surface area (Å²) in [5, 5.41) is 21.7. The van der Waals surface area contributed by atoms with Crippen molar-refractivity contribution in [3.63, 3.8) is 0 Å². The van der Waals surface area contributed by atoms with Gasteiger partial charge in [0.05, 0.1) is 26.4 Å². The first kappa shape index (κ1) is 24.3. The molecule has 0 aliphatic heterocycles. The average molecular weight is 441 g/mol. The third-order valence-corrected chi connectivity index (χ3v) is 5.38. The van der Waals surface area contributed by atoms with E-state index in [1.54, 1.807) is 12.2 Å². The van der Waals surface area contributed by atoms with E-state index in [1.807, 2.05) is 60.7 Å². The minimum Gasteiger partial charge on any atom is -0.387 e. The summed E-state index contributed by atoms with van der Waals surface area (Å²) in [4.78, 5) is 0. The fourth-order valence-corrected chi connectivity index (χ4v) is 3.81. The summed E-state index contributed by atoms with van der Waals surface area (Å²) in [5.41, 5.74) is 1.95. The van der Waals surface area contributed by atoms with Crippen LogP contribution in [0.3, 0.4) is 0 Å². The van der Waals surface area contributed by atoms with Crippen LogP contribution in [0.15, 0.2) is 86.0 Å². The summed E-state index contributed by atoms with van der Waals surface area (Å²) in [5.74, 6) is 0. The van der Waals surface area contributed by atoms with Crippen LogP contribution in [-0.2, 0) is 32.2 Å². The van der Waals surface area contributed by atoms with E-state index in [1.165, 1.54) is 0 Å². The summed E-state index contributed by atoms with van der Waals surface area (Å²) in [6.07, 6.45) is -2.28. The Hall–Kier alpha value is -2.32. The van der Waals surface area contributed by atoms with Crippen LogP contribution in [0.25, 0.3) is 0 Å². The monoisotopic (exact) mass is 440 g/mol. The molecule has 2 aromatic carbocycles. The Morgan fingerprint density at radius 2 is 0.969 bits per heavy atom. The van der Waals surface area contributed by atoms with Crippen LogP contribution in [0.4, 0.5) is 0 Å². The van der Waals surface area contributed by atoms with Crippen molar-refractivity contribution < 1.29 is 29.2 Å². The molecular weight excluding hydrogens is 408 g/mol. The van der Waals surface area contributed by atoms with E-state index in [0.29, 0.717) is 13.2 Å². The Bertz CT molecular complexity index is 742. The van der Waals surface area contributed by atoms with Crippen molar-refractivity contribution in [3.05, 3.63) is 97.1 Å². The summed E-state index contributed by atoms with van der Waals surface area (Å²) in [6.45, 7) is 8.34. The first-order valence-corrected chi connectivity index (χ1v) is 10.8. The molecule has 3 rings (SSSR count). The summed E-state index contributed by atoms with van der Waals surface area (Å²) in [7, 11) is 0. The largest absolute Gasteiger partial charge is 0.387 e. The predicted molar refractivity (Wildman–Crippen MR) is 122 cm³/mol. The van der Waals surface area contributed by atoms with Crippen LogP contribution in [-0.4, -0.2) is 60.1 Å². The summed E-state index contributed by atoms with van der Waals surface area (Å²) in [6, 6.07) is 19.4. The lowest BCUT2D eigenvalue weighted by Gasteiger charge is -2.46. The molecule has 0 radical (unpaired) electrons. The van der Waals surface area contributed by atoms with Gasteiger partial charge < -0.3 is 29.2 Å². The molecule has 0 saturated heterocycles. The topological polar surface area (TPSA) is 77.4 Å². The maximum Gasteiger partial charge on any atom is 0.116 e. The Kier molecular flexibility index (Phi) is 9.62. The van der Waals surface area contributed by atoms with E-state index in [-0.39, 0.29) is 13.2 Å². The molecule has 1 aliphatic rings. The van der Waals surface area contributed by atoms with Crippen molar-refractivity contribution >= 4 is 0 Å². The molecule has 2 N–H and O–H groups in total. The Balaban J connectivity index is 1.86. The number of benzene rings is 2. The molecule has 6 heteroatoms. The van der Waals surface area contributed by atoms with Gasteiger partial charge in [-0.1, -0.05) is 72.8 Å². The van der Waals surface area contributed by atoms with Gasteiger partial charge >= 0.3 is 0 Å². The van der Waals surface area contributed by atoms with Gasteiger partial charge in [0.1, 0.15) is 36.6 Å². The highest BCUT2D eigenvalue weighted by Gasteiger charge is 2.52. The third-order valence-electron chi connectivity index (χ3n) is 5.38. The Morgan fingerprint density at radius 1 is 0.594 bits per heavy atom. The van der Waals surface area contributed by atoms with Crippen LogP contribution in [0.1, 0.15) is 11.1 Å². The minimum atomic E-state index is -1.22. The molecule has 1 fully saturated rings. The van der Waals surface area contributed by atoms with Crippen molar-refractivity contribution in [2.75, 3.05) is 13.2 Å². The number of hydrogen-bond acceptors (Lipinski definition) is 6. The Morgan fingerprint density at radius 3 is 1.31 bits per heavy atom. The zero-order chi connectivity index (χ0) is 22.8. The number of hydrogen-bond donors (Lipinski definition) is 2. The second kappa shape index (κ2) is 12.6. The van der Waals surface area contributed by atoms with Gasteiger partial charge in [0, 0.05) is 0 Å². The highest BCUT2D eigenvalue weighted by molar-refractivity contribution is 5.15. The zero-order valence-corrected chi connectivity index (χ0v) is 18.2. The molecule has 1 saturated carbocycles. The van der Waals surface area contributed by atoms with Crippen molar-refractivity contribution in [2.45, 2.75) is 49.8 Å². The number of ether oxygens (including phenoxy) is 4. The first-order valence-electron chi connectivity index (χ1n) is 10.8. The molecule has 0 heterocycles. The maximum atomic E-state index is 10.9. The van der Waals surface area contributed by atoms with E-state index in [9.17, 15) is 10.2 Å². The maximum absolute atomic E-state index is 10.9. The zero-order valence-electron chi connectivity index (χ0n) is 18.2. The molecule has 0 spiro atoms. The normalized spacial score (nSPS) is 27.7. The van der Waals surface area contributed by atoms with E-state index in [0.717, 1.165) is 11.1 Å². The van der Waals surface area contributed by atoms with Gasteiger partial charge in [0.25, 0.3) is 0 Å². The second-order valence-electron chi connectivity index (χ2n) is 7.68. The minimum absolute atomic E-state index is 0.198. The van der Waals surface area contributed by atoms with E-state index in [4.69, 9.17) is 18.9 Å². The van der Waals surface area contributed by atoms with Gasteiger partial charge in [0.2, 0.25) is 0 Å². The Labute approximate surface area is 189 Å². The highest BCUT2D eigenvalue weighted by Crippen LogP contribution is 2.31. The van der Waals surface area contributed by atoms with Gasteiger partial charge in [-0.05, 0) is 11.1 Å². The second-order valence-corrected chi connectivity index (χ2v) is 7.68. The fourth-order valence-electron chi connectivity index (χ4n) is 3.81. The standard InChI is InChI=1S/C26H32O6/c1-3-15-29-23-21(27)22(28)24(30-16-4-2)26(32-18-20-13-9-6-10-14-20)25(23)31-17-19-11-7-5-8-12-19/h3-14,21-28H,1-2,15-18H2/t21-,22-,23+,24+,25-,26+/m0/s1. The van der Waals surface area contributed by atoms with Crippen LogP contribution in [0.2, 0.25) is 0 Å². The van der Waals surface area contributed by atoms with Crippen LogP contribution in [0.5, 0.6) is 0 Å². The van der Waals surface area contributed by atoms with Gasteiger partial charge in [0.15, 0.2) is 0 Å². The number of aliphatic hydroxyl groups is 2. The smallest absolute Gasteiger partial charge is 0.116 e. The molecule has 6 atom stereocenters. The molecule has 6 nitrogen and oxygen atoms in total. The molecule has 2 aromatic rings. The molecule has 172 valence electrons. The molecular formula is C26H32O6. The van der Waals surface area contributed by atoms with Gasteiger partial charge in [-0.15, -0.1) is 13.2 Å². The van der Waals surface area contributed by atoms with Crippen LogP contribution < -0.4 is 0 Å². The van der Waals surface area contributed by atoms with E-state index >= 15 is 0 Å². The van der Waals surface area contributed by atoms with E-state index < -0.39 is 36.6 Å². The summed E-state index contributed by atoms with van der Waals surface area (Å²) >= 11 is 0. The van der Waals surface area contributed by atoms with Crippen molar-refractivity contribution in [1.82, 2.24) is 0 Å². The lowest BCUT2D eigenvalue weighted by atomic mass is 9.84. The highest BCUT2D eigenvalue weighted by atomic mass is 16.6. The van der Waals surface area contributed by atoms with Crippen LogP contribution in [0, 0.1) is 0 Å². The third kappa shape index (κ3) is 6.36. The molecule has 32 heavy (non-hydrogen) atoms. The lowest BCUT2D eigenvalue weighted by Crippen LogP contribution is -2.66. The van der Waals surface area contributed by atoms with Gasteiger partial charge in [-0.2, -0.15) is 0 Å². The predicted octanol–water partition coefficient (Wildman–Crippen LogP) is 3.04. The quantitative estimate of drug-likeness (QED) is 0.494.